The van der Waals surface area contributed by atoms with Gasteiger partial charge >= 0.3 is 11.6 Å². The van der Waals surface area contributed by atoms with Crippen LogP contribution in [0.2, 0.25) is 5.04 Å². The Hall–Kier alpha value is -2.97. The van der Waals surface area contributed by atoms with Gasteiger partial charge in [0, 0.05) is 12.3 Å². The summed E-state index contributed by atoms with van der Waals surface area (Å²) in [5.41, 5.74) is -1.92. The third kappa shape index (κ3) is 5.68. The Morgan fingerprint density at radius 2 is 1.54 bits per heavy atom. The molecule has 0 spiro atoms. The van der Waals surface area contributed by atoms with Crippen LogP contribution < -0.4 is 21.6 Å². The minimum atomic E-state index is -4.37. The van der Waals surface area contributed by atoms with E-state index < -0.39 is 65.7 Å². The first-order valence-electron chi connectivity index (χ1n) is 12.1. The normalized spacial score (nSPS) is 21.6. The van der Waals surface area contributed by atoms with E-state index in [0.29, 0.717) is 10.8 Å². The van der Waals surface area contributed by atoms with Crippen LogP contribution in [0.25, 0.3) is 0 Å². The lowest BCUT2D eigenvalue weighted by Crippen LogP contribution is -2.67. The number of hydrogen-bond donors (Lipinski definition) is 1. The highest BCUT2D eigenvalue weighted by molar-refractivity contribution is 7.86. The Balaban J connectivity index is 1.80. The molecule has 9 nitrogen and oxygen atoms in total. The lowest BCUT2D eigenvalue weighted by atomic mass is 10.1. The number of benzene rings is 2. The highest BCUT2D eigenvalue weighted by atomic mass is 32.2. The van der Waals surface area contributed by atoms with Crippen molar-refractivity contribution in [2.45, 2.75) is 50.2 Å². The molecule has 0 saturated carbocycles. The van der Waals surface area contributed by atoms with Gasteiger partial charge in [0.1, 0.15) is 6.10 Å². The topological polar surface area (TPSA) is 117 Å². The molecular formula is C26H30F2N2O7SSi. The smallest absolute Gasteiger partial charge is 0.330 e. The Kier molecular flexibility index (Phi) is 7.84. The van der Waals surface area contributed by atoms with Gasteiger partial charge in [0.25, 0.3) is 24.0 Å². The second-order valence-corrected chi connectivity index (χ2v) is 16.3. The standard InChI is InChI=1S/C26H30F2N2O7SSi/c1-25(2,3)39(18-11-7-5-8-12-18,19-13-9-6-10-14-19)35-17-20-22(37-38(4,33)34)26(27,28)23(36-20)30-16-15-21(31)29-24(30)32/h5-16,20,22-23H,17H2,1-4H3,(H,29,31,32)/t20-,22+,23-/m1/s1. The zero-order chi connectivity index (χ0) is 28.6. The summed E-state index contributed by atoms with van der Waals surface area (Å²) < 4.78 is 73.1. The van der Waals surface area contributed by atoms with Crippen LogP contribution in [-0.2, 0) is 23.5 Å². The zero-order valence-electron chi connectivity index (χ0n) is 21.8. The minimum absolute atomic E-state index is 0.461. The maximum Gasteiger partial charge on any atom is 0.330 e. The predicted octanol–water partition coefficient (Wildman–Crippen LogP) is 1.99. The van der Waals surface area contributed by atoms with Crippen LogP contribution in [0.5, 0.6) is 0 Å². The Bertz CT molecular complexity index is 1480. The summed E-state index contributed by atoms with van der Waals surface area (Å²) in [6, 6.07) is 19.7. The first kappa shape index (κ1) is 29.0. The minimum Gasteiger partial charge on any atom is -0.405 e. The van der Waals surface area contributed by atoms with Crippen LogP contribution >= 0.6 is 0 Å². The molecule has 2 aromatic carbocycles. The molecule has 210 valence electrons. The van der Waals surface area contributed by atoms with E-state index in [0.717, 1.165) is 22.6 Å². The molecule has 39 heavy (non-hydrogen) atoms. The molecule has 0 bridgehead atoms. The molecule has 1 aromatic heterocycles. The molecular weight excluding hydrogens is 550 g/mol. The first-order valence-corrected chi connectivity index (χ1v) is 15.9. The van der Waals surface area contributed by atoms with Crippen LogP contribution in [0, 0.1) is 0 Å². The van der Waals surface area contributed by atoms with Gasteiger partial charge in [-0.2, -0.15) is 17.2 Å². The highest BCUT2D eigenvalue weighted by Crippen LogP contribution is 2.45. The lowest BCUT2D eigenvalue weighted by Gasteiger charge is -2.43. The fourth-order valence-corrected chi connectivity index (χ4v) is 10.2. The summed E-state index contributed by atoms with van der Waals surface area (Å²) in [6.07, 6.45) is -4.61. The summed E-state index contributed by atoms with van der Waals surface area (Å²) in [4.78, 5) is 25.7. The molecule has 3 aromatic rings. The zero-order valence-corrected chi connectivity index (χ0v) is 23.7. The Morgan fingerprint density at radius 3 is 2.00 bits per heavy atom. The van der Waals surface area contributed by atoms with Crippen molar-refractivity contribution in [1.29, 1.82) is 0 Å². The van der Waals surface area contributed by atoms with Gasteiger partial charge in [-0.3, -0.25) is 18.5 Å². The number of nitrogens with zero attached hydrogens (tertiary/aromatic N) is 1. The van der Waals surface area contributed by atoms with E-state index in [2.05, 4.69) is 0 Å². The van der Waals surface area contributed by atoms with Crippen molar-refractivity contribution in [2.75, 3.05) is 12.9 Å². The van der Waals surface area contributed by atoms with Gasteiger partial charge in [-0.05, 0) is 15.4 Å². The molecule has 0 amide bonds. The van der Waals surface area contributed by atoms with Gasteiger partial charge in [0.2, 0.25) is 6.23 Å². The predicted molar refractivity (Wildman–Crippen MR) is 143 cm³/mol. The molecule has 0 unspecified atom stereocenters. The van der Waals surface area contributed by atoms with Crippen molar-refractivity contribution in [3.05, 3.63) is 93.8 Å². The van der Waals surface area contributed by atoms with Crippen LogP contribution in [0.1, 0.15) is 27.0 Å². The Morgan fingerprint density at radius 1 is 1.00 bits per heavy atom. The number of aromatic amines is 1. The van der Waals surface area contributed by atoms with Crippen LogP contribution in [0.15, 0.2) is 82.5 Å². The number of H-pyrrole nitrogens is 1. The third-order valence-electron chi connectivity index (χ3n) is 6.61. The summed E-state index contributed by atoms with van der Waals surface area (Å²) in [6.45, 7) is 5.53. The quantitative estimate of drug-likeness (QED) is 0.320. The number of aromatic nitrogens is 2. The van der Waals surface area contributed by atoms with Crippen molar-refractivity contribution in [3.63, 3.8) is 0 Å². The highest BCUT2D eigenvalue weighted by Gasteiger charge is 2.63. The van der Waals surface area contributed by atoms with Gasteiger partial charge in [-0.25, -0.2) is 4.79 Å². The number of alkyl halides is 2. The van der Waals surface area contributed by atoms with E-state index in [-0.39, 0.29) is 0 Å². The van der Waals surface area contributed by atoms with Gasteiger partial charge in [-0.1, -0.05) is 81.4 Å². The Labute approximate surface area is 225 Å². The van der Waals surface area contributed by atoms with Crippen LogP contribution in [0.3, 0.4) is 0 Å². The molecule has 2 heterocycles. The maximum absolute atomic E-state index is 15.7. The summed E-state index contributed by atoms with van der Waals surface area (Å²) in [5.74, 6) is -3.98. The number of ether oxygens (including phenoxy) is 1. The fourth-order valence-electron chi connectivity index (χ4n) is 4.99. The number of hydrogen-bond acceptors (Lipinski definition) is 7. The number of rotatable bonds is 8. The largest absolute Gasteiger partial charge is 0.405 e. The molecule has 1 N–H and O–H groups in total. The van der Waals surface area contributed by atoms with E-state index in [1.54, 1.807) is 0 Å². The van der Waals surface area contributed by atoms with Crippen molar-refractivity contribution in [2.24, 2.45) is 0 Å². The average molecular weight is 581 g/mol. The van der Waals surface area contributed by atoms with E-state index in [1.165, 1.54) is 0 Å². The molecule has 13 heteroatoms. The van der Waals surface area contributed by atoms with E-state index in [9.17, 15) is 18.0 Å². The lowest BCUT2D eigenvalue weighted by molar-refractivity contribution is -0.135. The second kappa shape index (κ2) is 10.5. The maximum atomic E-state index is 15.7. The first-order chi connectivity index (χ1) is 18.2. The molecule has 1 aliphatic rings. The molecule has 1 fully saturated rings. The summed E-state index contributed by atoms with van der Waals surface area (Å²) in [5, 5.41) is 1.25. The van der Waals surface area contributed by atoms with Crippen molar-refractivity contribution >= 4 is 28.8 Å². The molecule has 1 saturated heterocycles. The van der Waals surface area contributed by atoms with Gasteiger partial charge in [0.15, 0.2) is 6.10 Å². The van der Waals surface area contributed by atoms with E-state index >= 15 is 8.78 Å². The van der Waals surface area contributed by atoms with Crippen LogP contribution in [-0.4, -0.2) is 57.3 Å². The van der Waals surface area contributed by atoms with Crippen molar-refractivity contribution in [3.8, 4) is 0 Å². The summed E-state index contributed by atoms with van der Waals surface area (Å²) >= 11 is 0. The average Bonchev–Trinajstić information content (AvgIpc) is 3.08. The van der Waals surface area contributed by atoms with Gasteiger partial charge < -0.3 is 9.16 Å². The monoisotopic (exact) mass is 580 g/mol. The molecule has 0 aliphatic carbocycles. The fraction of sp³-hybridized carbons (Fsp3) is 0.385. The van der Waals surface area contributed by atoms with E-state index in [4.69, 9.17) is 13.3 Å². The van der Waals surface area contributed by atoms with Crippen molar-refractivity contribution < 1.29 is 30.5 Å². The molecule has 0 radical (unpaired) electrons. The van der Waals surface area contributed by atoms with Gasteiger partial charge in [0.05, 0.1) is 12.9 Å². The van der Waals surface area contributed by atoms with Gasteiger partial charge in [-0.15, -0.1) is 0 Å². The SMILES string of the molecule is CC(C)(C)[Si](OC[C@H]1O[C@@H](n2ccc(=O)[nH]c2=O)C(F)(F)[C@H]1OS(C)(=O)=O)(c1ccccc1)c1ccccc1. The van der Waals surface area contributed by atoms with E-state index in [1.807, 2.05) is 86.4 Å². The third-order valence-corrected chi connectivity index (χ3v) is 12.2. The second-order valence-electron chi connectivity index (χ2n) is 10.4. The summed E-state index contributed by atoms with van der Waals surface area (Å²) in [7, 11) is -7.59. The van der Waals surface area contributed by atoms with Crippen LogP contribution in [0.4, 0.5) is 8.78 Å². The molecule has 4 rings (SSSR count). The molecule has 1 aliphatic heterocycles. The number of halogens is 2. The molecule has 3 atom stereocenters. The van der Waals surface area contributed by atoms with Crippen molar-refractivity contribution in [1.82, 2.24) is 9.55 Å². The number of nitrogens with one attached hydrogen (secondary N) is 1.